The second kappa shape index (κ2) is 2.74. The molecule has 0 aliphatic rings. The van der Waals surface area contributed by atoms with Gasteiger partial charge in [-0.25, -0.2) is 4.98 Å². The van der Waals surface area contributed by atoms with Crippen molar-refractivity contribution in [3.63, 3.8) is 0 Å². The first kappa shape index (κ1) is 7.79. The van der Waals surface area contributed by atoms with Crippen LogP contribution in [0, 0.1) is 13.8 Å². The molecule has 2 heteroatoms. The van der Waals surface area contributed by atoms with Crippen molar-refractivity contribution >= 4 is 5.76 Å². The van der Waals surface area contributed by atoms with Gasteiger partial charge in [0.2, 0.25) is 0 Å². The van der Waals surface area contributed by atoms with Gasteiger partial charge in [-0.2, -0.15) is 0 Å². The Morgan fingerprint density at radius 2 is 2.09 bits per heavy atom. The van der Waals surface area contributed by atoms with Crippen LogP contribution in [-0.4, -0.2) is 10.1 Å². The number of rotatable bonds is 1. The molecule has 11 heavy (non-hydrogen) atoms. The molecule has 0 unspecified atom stereocenters. The molecule has 1 aromatic rings. The Hall–Kier alpha value is -1.31. The molecule has 0 fully saturated rings. The monoisotopic (exact) mass is 149 g/mol. The third kappa shape index (κ3) is 1.58. The molecule has 0 spiro atoms. The lowest BCUT2D eigenvalue weighted by Gasteiger charge is -2.02. The Morgan fingerprint density at radius 1 is 1.45 bits per heavy atom. The van der Waals surface area contributed by atoms with Gasteiger partial charge >= 0.3 is 0 Å². The molecule has 1 aromatic heterocycles. The van der Waals surface area contributed by atoms with Crippen LogP contribution in [0.1, 0.15) is 17.0 Å². The van der Waals surface area contributed by atoms with Crippen LogP contribution in [0.4, 0.5) is 0 Å². The van der Waals surface area contributed by atoms with E-state index in [1.165, 1.54) is 0 Å². The zero-order valence-corrected chi connectivity index (χ0v) is 6.76. The van der Waals surface area contributed by atoms with E-state index in [1.807, 2.05) is 26.0 Å². The van der Waals surface area contributed by atoms with Gasteiger partial charge < -0.3 is 5.11 Å². The normalized spacial score (nSPS) is 9.64. The highest BCUT2D eigenvalue weighted by Gasteiger charge is 2.01. The number of pyridine rings is 1. The van der Waals surface area contributed by atoms with Crippen molar-refractivity contribution in [3.8, 4) is 0 Å². The van der Waals surface area contributed by atoms with Crippen LogP contribution in [-0.2, 0) is 0 Å². The molecule has 0 aromatic carbocycles. The Morgan fingerprint density at radius 3 is 2.55 bits per heavy atom. The lowest BCUT2D eigenvalue weighted by molar-refractivity contribution is 0.509. The summed E-state index contributed by atoms with van der Waals surface area (Å²) in [4.78, 5) is 4.12. The van der Waals surface area contributed by atoms with E-state index in [1.54, 1.807) is 0 Å². The smallest absolute Gasteiger partial charge is 0.134 e. The maximum Gasteiger partial charge on any atom is 0.134 e. The second-order valence-corrected chi connectivity index (χ2v) is 2.56. The topological polar surface area (TPSA) is 33.1 Å². The van der Waals surface area contributed by atoms with Crippen LogP contribution in [0.15, 0.2) is 18.7 Å². The molecule has 0 amide bonds. The summed E-state index contributed by atoms with van der Waals surface area (Å²) in [5, 5.41) is 9.07. The van der Waals surface area contributed by atoms with Gasteiger partial charge in [0.05, 0.1) is 0 Å². The summed E-state index contributed by atoms with van der Waals surface area (Å²) in [7, 11) is 0. The largest absolute Gasteiger partial charge is 0.506 e. The van der Waals surface area contributed by atoms with Crippen molar-refractivity contribution in [2.24, 2.45) is 0 Å². The first-order valence-electron chi connectivity index (χ1n) is 3.44. The number of hydrogen-bond acceptors (Lipinski definition) is 2. The molecule has 1 heterocycles. The van der Waals surface area contributed by atoms with Gasteiger partial charge in [-0.15, -0.1) is 0 Å². The third-order valence-corrected chi connectivity index (χ3v) is 1.51. The van der Waals surface area contributed by atoms with Crippen LogP contribution >= 0.6 is 0 Å². The zero-order chi connectivity index (χ0) is 8.43. The molecule has 2 nitrogen and oxygen atoms in total. The Bertz CT molecular complexity index is 292. The molecule has 58 valence electrons. The van der Waals surface area contributed by atoms with Crippen LogP contribution in [0.2, 0.25) is 0 Å². The molecule has 0 saturated heterocycles. The summed E-state index contributed by atoms with van der Waals surface area (Å²) >= 11 is 0. The van der Waals surface area contributed by atoms with Crippen molar-refractivity contribution in [1.82, 2.24) is 4.98 Å². The first-order valence-corrected chi connectivity index (χ1v) is 3.44. The lowest BCUT2D eigenvalue weighted by Crippen LogP contribution is -1.93. The predicted octanol–water partition coefficient (Wildman–Crippen LogP) is 2.23. The molecule has 0 aliphatic heterocycles. The molecular formula is C9H11NO. The van der Waals surface area contributed by atoms with Crippen molar-refractivity contribution < 1.29 is 5.11 Å². The molecule has 0 radical (unpaired) electrons. The number of nitrogens with zero attached hydrogens (tertiary/aromatic N) is 1. The highest BCUT2D eigenvalue weighted by Crippen LogP contribution is 2.11. The van der Waals surface area contributed by atoms with E-state index >= 15 is 0 Å². The average Bonchev–Trinajstić information content (AvgIpc) is 1.94. The first-order chi connectivity index (χ1) is 5.11. The number of aliphatic hydroxyl groups excluding tert-OH is 1. The second-order valence-electron chi connectivity index (χ2n) is 2.56. The standard InChI is InChI=1S/C9H11NO/c1-6-4-5-7(2)10-9(6)8(3)11/h4-5,11H,3H2,1-2H3. The number of aliphatic hydroxyl groups is 1. The molecule has 1 rings (SSSR count). The number of hydrogen-bond donors (Lipinski definition) is 1. The van der Waals surface area contributed by atoms with Gasteiger partial charge in [0.1, 0.15) is 11.5 Å². The average molecular weight is 149 g/mol. The molecule has 0 bridgehead atoms. The van der Waals surface area contributed by atoms with Gasteiger partial charge in [0.25, 0.3) is 0 Å². The highest BCUT2D eigenvalue weighted by molar-refractivity contribution is 5.55. The number of aromatic nitrogens is 1. The van der Waals surface area contributed by atoms with Crippen LogP contribution < -0.4 is 0 Å². The van der Waals surface area contributed by atoms with E-state index in [0.717, 1.165) is 11.3 Å². The van der Waals surface area contributed by atoms with Crippen LogP contribution in [0.25, 0.3) is 5.76 Å². The minimum absolute atomic E-state index is 0.0335. The molecule has 0 aliphatic carbocycles. The predicted molar refractivity (Wildman–Crippen MR) is 45.4 cm³/mol. The Labute approximate surface area is 66.2 Å². The maximum atomic E-state index is 9.07. The summed E-state index contributed by atoms with van der Waals surface area (Å²) in [6.45, 7) is 7.19. The van der Waals surface area contributed by atoms with Crippen LogP contribution in [0.3, 0.4) is 0 Å². The van der Waals surface area contributed by atoms with Gasteiger partial charge in [-0.05, 0) is 25.5 Å². The molecule has 1 N–H and O–H groups in total. The SMILES string of the molecule is C=C(O)c1nc(C)ccc1C. The molecule has 0 saturated carbocycles. The summed E-state index contributed by atoms with van der Waals surface area (Å²) < 4.78 is 0. The van der Waals surface area contributed by atoms with E-state index < -0.39 is 0 Å². The fourth-order valence-electron chi connectivity index (χ4n) is 0.918. The summed E-state index contributed by atoms with van der Waals surface area (Å²) in [6.07, 6.45) is 0. The van der Waals surface area contributed by atoms with E-state index in [2.05, 4.69) is 11.6 Å². The Kier molecular flexibility index (Phi) is 1.94. The minimum atomic E-state index is 0.0335. The van der Waals surface area contributed by atoms with E-state index in [-0.39, 0.29) is 5.76 Å². The van der Waals surface area contributed by atoms with Crippen LogP contribution in [0.5, 0.6) is 0 Å². The van der Waals surface area contributed by atoms with Crippen molar-refractivity contribution in [1.29, 1.82) is 0 Å². The Balaban J connectivity index is 3.23. The van der Waals surface area contributed by atoms with Crippen molar-refractivity contribution in [2.45, 2.75) is 13.8 Å². The van der Waals surface area contributed by atoms with Gasteiger partial charge in [-0.3, -0.25) is 0 Å². The van der Waals surface area contributed by atoms with E-state index in [9.17, 15) is 0 Å². The fraction of sp³-hybridized carbons (Fsp3) is 0.222. The number of aryl methyl sites for hydroxylation is 2. The van der Waals surface area contributed by atoms with Gasteiger partial charge in [0.15, 0.2) is 0 Å². The fourth-order valence-corrected chi connectivity index (χ4v) is 0.918. The minimum Gasteiger partial charge on any atom is -0.506 e. The van der Waals surface area contributed by atoms with E-state index in [4.69, 9.17) is 5.11 Å². The maximum absolute atomic E-state index is 9.07. The van der Waals surface area contributed by atoms with Crippen molar-refractivity contribution in [2.75, 3.05) is 0 Å². The lowest BCUT2D eigenvalue weighted by atomic mass is 10.2. The quantitative estimate of drug-likeness (QED) is 0.621. The highest BCUT2D eigenvalue weighted by atomic mass is 16.3. The zero-order valence-electron chi connectivity index (χ0n) is 6.76. The molecule has 0 atom stereocenters. The summed E-state index contributed by atoms with van der Waals surface area (Å²) in [5.74, 6) is 0.0335. The molecular weight excluding hydrogens is 138 g/mol. The van der Waals surface area contributed by atoms with Crippen molar-refractivity contribution in [3.05, 3.63) is 35.7 Å². The van der Waals surface area contributed by atoms with E-state index in [0.29, 0.717) is 5.69 Å². The third-order valence-electron chi connectivity index (χ3n) is 1.51. The summed E-state index contributed by atoms with van der Waals surface area (Å²) in [5.41, 5.74) is 2.42. The van der Waals surface area contributed by atoms with Gasteiger partial charge in [0, 0.05) is 5.69 Å². The van der Waals surface area contributed by atoms with Gasteiger partial charge in [-0.1, -0.05) is 12.6 Å². The summed E-state index contributed by atoms with van der Waals surface area (Å²) in [6, 6.07) is 3.82.